The Hall–Kier alpha value is -3.63. The summed E-state index contributed by atoms with van der Waals surface area (Å²) >= 11 is 0. The average molecular weight is 433 g/mol. The molecule has 0 saturated heterocycles. The van der Waals surface area contributed by atoms with Gasteiger partial charge in [-0.3, -0.25) is 0 Å². The second-order valence-electron chi connectivity index (χ2n) is 7.29. The van der Waals surface area contributed by atoms with E-state index in [0.717, 1.165) is 17.5 Å². The van der Waals surface area contributed by atoms with E-state index in [9.17, 15) is 17.6 Å². The van der Waals surface area contributed by atoms with E-state index in [1.807, 2.05) is 0 Å². The van der Waals surface area contributed by atoms with Crippen molar-refractivity contribution in [3.63, 3.8) is 0 Å². The summed E-state index contributed by atoms with van der Waals surface area (Å²) in [6, 6.07) is 9.24. The third-order valence-corrected chi connectivity index (χ3v) is 5.33. The van der Waals surface area contributed by atoms with Gasteiger partial charge < -0.3 is 20.2 Å². The van der Waals surface area contributed by atoms with E-state index in [-0.39, 0.29) is 17.8 Å². The number of hydrogen-bond donors (Lipinski definition) is 2. The number of nitrogens with zero attached hydrogens (tertiary/aromatic N) is 3. The quantitative estimate of drug-likeness (QED) is 0.580. The summed E-state index contributed by atoms with van der Waals surface area (Å²) in [6.45, 7) is 0. The lowest BCUT2D eigenvalue weighted by atomic mass is 9.89. The van der Waals surface area contributed by atoms with Gasteiger partial charge in [-0.2, -0.15) is 18.2 Å². The Morgan fingerprint density at radius 1 is 1.06 bits per heavy atom. The number of aliphatic imine (C=N–C) groups is 1. The Kier molecular flexibility index (Phi) is 4.34. The van der Waals surface area contributed by atoms with Crippen molar-refractivity contribution in [1.29, 1.82) is 0 Å². The number of nitrogens with one attached hydrogen (secondary N) is 1. The molecule has 0 fully saturated rings. The number of alkyl halides is 3. The van der Waals surface area contributed by atoms with Gasteiger partial charge in [0.05, 0.1) is 5.69 Å². The van der Waals surface area contributed by atoms with E-state index in [2.05, 4.69) is 24.9 Å². The first-order valence-electron chi connectivity index (χ1n) is 9.39. The summed E-state index contributed by atoms with van der Waals surface area (Å²) in [6.07, 6.45) is -3.80. The molecule has 2 aliphatic rings. The third-order valence-electron chi connectivity index (χ3n) is 5.33. The summed E-state index contributed by atoms with van der Waals surface area (Å²) in [7, 11) is 0. The van der Waals surface area contributed by atoms with Gasteiger partial charge >= 0.3 is 18.1 Å². The van der Waals surface area contributed by atoms with Crippen LogP contribution in [0.25, 0.3) is 0 Å². The van der Waals surface area contributed by atoms with Crippen molar-refractivity contribution in [2.24, 2.45) is 10.7 Å². The van der Waals surface area contributed by atoms with E-state index in [1.165, 1.54) is 12.1 Å². The topological polar surface area (TPSA) is 98.6 Å². The summed E-state index contributed by atoms with van der Waals surface area (Å²) in [5, 5.41) is 9.04. The molecule has 0 amide bonds. The Morgan fingerprint density at radius 3 is 2.68 bits per heavy atom. The maximum Gasteiger partial charge on any atom is 0.470 e. The van der Waals surface area contributed by atoms with Crippen molar-refractivity contribution in [2.75, 3.05) is 5.32 Å². The van der Waals surface area contributed by atoms with Crippen LogP contribution < -0.4 is 11.1 Å². The fraction of sp³-hybridized carbons (Fsp3) is 0.250. The molecule has 1 aliphatic heterocycles. The Bertz CT molecular complexity index is 1190. The van der Waals surface area contributed by atoms with E-state index in [1.54, 1.807) is 24.3 Å². The van der Waals surface area contributed by atoms with Gasteiger partial charge in [-0.05, 0) is 54.3 Å². The van der Waals surface area contributed by atoms with Gasteiger partial charge in [0, 0.05) is 17.2 Å². The molecule has 5 rings (SSSR count). The van der Waals surface area contributed by atoms with Crippen LogP contribution in [-0.4, -0.2) is 16.2 Å². The van der Waals surface area contributed by atoms with Crippen LogP contribution >= 0.6 is 0 Å². The standard InChI is InChI=1S/C20H15F4N5O2/c21-10-2-5-12-9(7-10)1-4-13(12)16-14-8-11(3-6-15(14)27-18(25)30-16)26-19-29-28-17(31-19)20(22,23)24/h2-3,5-8,13,16H,1,4H2,(H2,25,27)(H,26,29). The lowest BCUT2D eigenvalue weighted by Gasteiger charge is -2.29. The average Bonchev–Trinajstić information content (AvgIpc) is 3.34. The molecule has 3 aromatic rings. The van der Waals surface area contributed by atoms with Crippen molar-refractivity contribution in [2.45, 2.75) is 31.0 Å². The third kappa shape index (κ3) is 3.56. The highest BCUT2D eigenvalue weighted by atomic mass is 19.4. The number of amidine groups is 1. The van der Waals surface area contributed by atoms with Crippen molar-refractivity contribution in [1.82, 2.24) is 10.2 Å². The molecular weight excluding hydrogens is 418 g/mol. The lowest BCUT2D eigenvalue weighted by molar-refractivity contribution is -0.156. The minimum Gasteiger partial charge on any atom is -0.456 e. The first-order valence-corrected chi connectivity index (χ1v) is 9.39. The first kappa shape index (κ1) is 19.3. The highest BCUT2D eigenvalue weighted by Gasteiger charge is 2.39. The first-order chi connectivity index (χ1) is 14.8. The van der Waals surface area contributed by atoms with E-state index in [4.69, 9.17) is 10.5 Å². The number of anilines is 2. The Labute approximate surface area is 172 Å². The second-order valence-corrected chi connectivity index (χ2v) is 7.29. The predicted octanol–water partition coefficient (Wildman–Crippen LogP) is 4.72. The molecule has 2 heterocycles. The maximum atomic E-state index is 13.6. The minimum absolute atomic E-state index is 0.0143. The fourth-order valence-electron chi connectivity index (χ4n) is 4.04. The van der Waals surface area contributed by atoms with Crippen LogP contribution in [0.2, 0.25) is 0 Å². The van der Waals surface area contributed by atoms with Crippen LogP contribution in [0.1, 0.15) is 41.0 Å². The summed E-state index contributed by atoms with van der Waals surface area (Å²) < 4.78 is 62.1. The molecule has 11 heteroatoms. The zero-order valence-electron chi connectivity index (χ0n) is 15.8. The number of hydrogen-bond acceptors (Lipinski definition) is 7. The van der Waals surface area contributed by atoms with Crippen molar-refractivity contribution in [3.05, 3.63) is 64.8 Å². The fourth-order valence-corrected chi connectivity index (χ4v) is 4.04. The zero-order chi connectivity index (χ0) is 21.8. The van der Waals surface area contributed by atoms with Gasteiger partial charge in [-0.1, -0.05) is 11.2 Å². The predicted molar refractivity (Wildman–Crippen MR) is 102 cm³/mol. The van der Waals surface area contributed by atoms with Crippen LogP contribution in [0.4, 0.5) is 35.0 Å². The van der Waals surface area contributed by atoms with Gasteiger partial charge in [-0.15, -0.1) is 5.10 Å². The van der Waals surface area contributed by atoms with E-state index >= 15 is 0 Å². The Morgan fingerprint density at radius 2 is 1.90 bits per heavy atom. The number of benzene rings is 2. The second kappa shape index (κ2) is 6.96. The molecule has 7 nitrogen and oxygen atoms in total. The van der Waals surface area contributed by atoms with Gasteiger partial charge in [-0.25, -0.2) is 4.39 Å². The van der Waals surface area contributed by atoms with Crippen LogP contribution in [0, 0.1) is 5.82 Å². The van der Waals surface area contributed by atoms with Crippen LogP contribution in [0.15, 0.2) is 45.8 Å². The Balaban J connectivity index is 1.47. The summed E-state index contributed by atoms with van der Waals surface area (Å²) in [5.74, 6) is -1.82. The molecule has 2 unspecified atom stereocenters. The number of rotatable bonds is 3. The molecule has 0 saturated carbocycles. The molecule has 2 aromatic carbocycles. The van der Waals surface area contributed by atoms with E-state index < -0.39 is 24.2 Å². The number of halogens is 4. The molecule has 1 aliphatic carbocycles. The number of aryl methyl sites for hydroxylation is 1. The largest absolute Gasteiger partial charge is 0.470 e. The van der Waals surface area contributed by atoms with Crippen LogP contribution in [-0.2, 0) is 17.3 Å². The van der Waals surface area contributed by atoms with Gasteiger partial charge in [0.2, 0.25) is 0 Å². The van der Waals surface area contributed by atoms with Crippen LogP contribution in [0.3, 0.4) is 0 Å². The maximum absolute atomic E-state index is 13.6. The zero-order valence-corrected chi connectivity index (χ0v) is 15.8. The molecule has 3 N–H and O–H groups in total. The molecule has 31 heavy (non-hydrogen) atoms. The highest BCUT2D eigenvalue weighted by Crippen LogP contribution is 2.48. The van der Waals surface area contributed by atoms with Gasteiger partial charge in [0.1, 0.15) is 11.9 Å². The monoisotopic (exact) mass is 433 g/mol. The van der Waals surface area contributed by atoms with Crippen molar-refractivity contribution < 1.29 is 26.7 Å². The van der Waals surface area contributed by atoms with Gasteiger partial charge in [0.15, 0.2) is 0 Å². The normalized spacial score (nSPS) is 19.9. The molecular formula is C20H15F4N5O2. The van der Waals surface area contributed by atoms with Crippen molar-refractivity contribution in [3.8, 4) is 0 Å². The van der Waals surface area contributed by atoms with Crippen molar-refractivity contribution >= 4 is 23.4 Å². The number of aromatic nitrogens is 2. The van der Waals surface area contributed by atoms with Crippen LogP contribution in [0.5, 0.6) is 0 Å². The number of fused-ring (bicyclic) bond motifs is 2. The molecule has 0 radical (unpaired) electrons. The van der Waals surface area contributed by atoms with E-state index in [0.29, 0.717) is 23.4 Å². The SMILES string of the molecule is NC1=Nc2ccc(Nc3nnc(C(F)(F)F)o3)cc2C(C2CCc3cc(F)ccc32)O1. The summed E-state index contributed by atoms with van der Waals surface area (Å²) in [4.78, 5) is 4.21. The molecule has 0 spiro atoms. The summed E-state index contributed by atoms with van der Waals surface area (Å²) in [5.41, 5.74) is 9.44. The lowest BCUT2D eigenvalue weighted by Crippen LogP contribution is -2.26. The number of nitrogens with two attached hydrogens (primary N) is 1. The molecule has 1 aromatic heterocycles. The number of ether oxygens (including phenoxy) is 1. The molecule has 0 bridgehead atoms. The smallest absolute Gasteiger partial charge is 0.456 e. The highest BCUT2D eigenvalue weighted by molar-refractivity contribution is 5.79. The van der Waals surface area contributed by atoms with Gasteiger partial charge in [0.25, 0.3) is 6.02 Å². The minimum atomic E-state index is -4.73. The molecule has 2 atom stereocenters. The molecule has 160 valence electrons.